The van der Waals surface area contributed by atoms with Crippen LogP contribution in [0.25, 0.3) is 0 Å². The van der Waals surface area contributed by atoms with Crippen molar-refractivity contribution < 1.29 is 9.53 Å². The summed E-state index contributed by atoms with van der Waals surface area (Å²) in [5.41, 5.74) is 0. The first-order valence-corrected chi connectivity index (χ1v) is 5.23. The van der Waals surface area contributed by atoms with Crippen LogP contribution in [0.1, 0.15) is 12.2 Å². The average Bonchev–Trinajstić information content (AvgIpc) is 2.16. The third-order valence-electron chi connectivity index (χ3n) is 1.67. The first-order chi connectivity index (χ1) is 7.11. The minimum absolute atomic E-state index is 0.243. The third-order valence-corrected chi connectivity index (χ3v) is 2.08. The van der Waals surface area contributed by atoms with Gasteiger partial charge in [0.2, 0.25) is 0 Å². The molecule has 0 spiro atoms. The number of esters is 1. The summed E-state index contributed by atoms with van der Waals surface area (Å²) < 4.78 is 5.23. The monoisotopic (exact) mass is 273 g/mol. The number of ether oxygens (including phenoxy) is 1. The fourth-order valence-corrected chi connectivity index (χ4v) is 1.49. The number of rotatable bonds is 4. The number of aromatic nitrogens is 2. The van der Waals surface area contributed by atoms with Crippen LogP contribution in [0.2, 0.25) is 0 Å². The smallest absolute Gasteiger partial charge is 0.307 e. The van der Waals surface area contributed by atoms with E-state index in [0.29, 0.717) is 24.6 Å². The van der Waals surface area contributed by atoms with Crippen LogP contribution in [0.15, 0.2) is 10.7 Å². The number of carbonyl (C=O) groups excluding carboxylic acids is 1. The Labute approximate surface area is 96.4 Å². The van der Waals surface area contributed by atoms with Crippen molar-refractivity contribution in [3.05, 3.63) is 16.5 Å². The molecular weight excluding hydrogens is 262 g/mol. The van der Waals surface area contributed by atoms with Crippen molar-refractivity contribution in [2.24, 2.45) is 0 Å². The molecule has 0 aliphatic heterocycles. The predicted molar refractivity (Wildman–Crippen MR) is 59.6 cm³/mol. The van der Waals surface area contributed by atoms with E-state index >= 15 is 0 Å². The van der Waals surface area contributed by atoms with E-state index in [4.69, 9.17) is 0 Å². The van der Waals surface area contributed by atoms with E-state index in [2.05, 4.69) is 36.0 Å². The molecule has 0 saturated carbocycles. The molecule has 0 amide bonds. The highest BCUT2D eigenvalue weighted by atomic mass is 79.9. The van der Waals surface area contributed by atoms with Gasteiger partial charge in [-0.25, -0.2) is 9.97 Å². The Hall–Kier alpha value is -1.17. The van der Waals surface area contributed by atoms with Crippen LogP contribution < -0.4 is 5.32 Å². The standard InChI is InChI=1S/C9H12BrN3O2/c1-6-12-7(10)5-8(13-6)11-4-3-9(14)15-2/h5H,3-4H2,1-2H3,(H,11,12,13). The number of anilines is 1. The van der Waals surface area contributed by atoms with E-state index in [0.717, 1.165) is 4.60 Å². The maximum atomic E-state index is 10.8. The molecule has 0 atom stereocenters. The van der Waals surface area contributed by atoms with Gasteiger partial charge in [0.1, 0.15) is 16.2 Å². The Bertz CT molecular complexity index is 337. The van der Waals surface area contributed by atoms with Crippen molar-refractivity contribution in [3.63, 3.8) is 0 Å². The van der Waals surface area contributed by atoms with Crippen LogP contribution in [0.4, 0.5) is 5.82 Å². The number of hydrogen-bond donors (Lipinski definition) is 1. The van der Waals surface area contributed by atoms with Crippen LogP contribution in [0, 0.1) is 6.92 Å². The summed E-state index contributed by atoms with van der Waals surface area (Å²) in [4.78, 5) is 19.1. The lowest BCUT2D eigenvalue weighted by Crippen LogP contribution is -2.11. The summed E-state index contributed by atoms with van der Waals surface area (Å²) in [6.45, 7) is 2.30. The molecule has 0 unspecified atom stereocenters. The predicted octanol–water partition coefficient (Wildman–Crippen LogP) is 1.52. The Morgan fingerprint density at radius 2 is 2.33 bits per heavy atom. The summed E-state index contributed by atoms with van der Waals surface area (Å²) in [7, 11) is 1.37. The van der Waals surface area contributed by atoms with Gasteiger partial charge in [0, 0.05) is 12.6 Å². The topological polar surface area (TPSA) is 64.1 Å². The molecule has 1 heterocycles. The number of nitrogens with zero attached hydrogens (tertiary/aromatic N) is 2. The second-order valence-electron chi connectivity index (χ2n) is 2.88. The van der Waals surface area contributed by atoms with Crippen LogP contribution in [-0.4, -0.2) is 29.6 Å². The van der Waals surface area contributed by atoms with Crippen molar-refractivity contribution >= 4 is 27.7 Å². The van der Waals surface area contributed by atoms with Crippen molar-refractivity contribution in [1.29, 1.82) is 0 Å². The SMILES string of the molecule is COC(=O)CCNc1cc(Br)nc(C)n1. The molecule has 5 nitrogen and oxygen atoms in total. The van der Waals surface area contributed by atoms with Gasteiger partial charge in [-0.3, -0.25) is 4.79 Å². The van der Waals surface area contributed by atoms with Gasteiger partial charge in [0.15, 0.2) is 0 Å². The molecule has 0 aromatic carbocycles. The first-order valence-electron chi connectivity index (χ1n) is 4.43. The second kappa shape index (κ2) is 5.65. The number of halogens is 1. The van der Waals surface area contributed by atoms with E-state index in [1.807, 2.05) is 0 Å². The van der Waals surface area contributed by atoms with Gasteiger partial charge in [-0.2, -0.15) is 0 Å². The molecule has 1 rings (SSSR count). The molecule has 0 fully saturated rings. The summed E-state index contributed by atoms with van der Waals surface area (Å²) in [5, 5.41) is 3.01. The number of methoxy groups -OCH3 is 1. The Balaban J connectivity index is 2.47. The van der Waals surface area contributed by atoms with Gasteiger partial charge in [-0.05, 0) is 22.9 Å². The van der Waals surface area contributed by atoms with Crippen LogP contribution in [0.3, 0.4) is 0 Å². The average molecular weight is 274 g/mol. The summed E-state index contributed by atoms with van der Waals surface area (Å²) >= 11 is 3.26. The summed E-state index contributed by atoms with van der Waals surface area (Å²) in [6, 6.07) is 1.75. The van der Waals surface area contributed by atoms with Crippen molar-refractivity contribution in [3.8, 4) is 0 Å². The molecule has 0 saturated heterocycles. The minimum atomic E-state index is -0.243. The van der Waals surface area contributed by atoms with Crippen LogP contribution >= 0.6 is 15.9 Å². The first kappa shape index (κ1) is 11.9. The molecular formula is C9H12BrN3O2. The van der Waals surface area contributed by atoms with Gasteiger partial charge in [-0.15, -0.1) is 0 Å². The van der Waals surface area contributed by atoms with E-state index in [1.54, 1.807) is 13.0 Å². The molecule has 1 aromatic heterocycles. The number of hydrogen-bond acceptors (Lipinski definition) is 5. The zero-order chi connectivity index (χ0) is 11.3. The van der Waals surface area contributed by atoms with Gasteiger partial charge in [0.05, 0.1) is 13.5 Å². The van der Waals surface area contributed by atoms with Crippen molar-refractivity contribution in [2.45, 2.75) is 13.3 Å². The molecule has 0 aliphatic rings. The number of nitrogens with one attached hydrogen (secondary N) is 1. The highest BCUT2D eigenvalue weighted by Crippen LogP contribution is 2.11. The second-order valence-corrected chi connectivity index (χ2v) is 3.69. The molecule has 0 bridgehead atoms. The Morgan fingerprint density at radius 3 is 2.93 bits per heavy atom. The van der Waals surface area contributed by atoms with E-state index in [1.165, 1.54) is 7.11 Å². The van der Waals surface area contributed by atoms with Gasteiger partial charge in [-0.1, -0.05) is 0 Å². The van der Waals surface area contributed by atoms with E-state index < -0.39 is 0 Å². The normalized spacial score (nSPS) is 9.80. The molecule has 15 heavy (non-hydrogen) atoms. The van der Waals surface area contributed by atoms with Crippen LogP contribution in [-0.2, 0) is 9.53 Å². The lowest BCUT2D eigenvalue weighted by molar-refractivity contribution is -0.140. The number of carbonyl (C=O) groups is 1. The van der Waals surface area contributed by atoms with E-state index in [9.17, 15) is 4.79 Å². The molecule has 6 heteroatoms. The molecule has 1 N–H and O–H groups in total. The van der Waals surface area contributed by atoms with Gasteiger partial charge >= 0.3 is 5.97 Å². The van der Waals surface area contributed by atoms with Crippen molar-refractivity contribution in [1.82, 2.24) is 9.97 Å². The fourth-order valence-electron chi connectivity index (χ4n) is 1.02. The fraction of sp³-hybridized carbons (Fsp3) is 0.444. The quantitative estimate of drug-likeness (QED) is 0.666. The zero-order valence-electron chi connectivity index (χ0n) is 8.58. The lowest BCUT2D eigenvalue weighted by atomic mass is 10.4. The van der Waals surface area contributed by atoms with E-state index in [-0.39, 0.29) is 5.97 Å². The summed E-state index contributed by atoms with van der Waals surface area (Å²) in [6.07, 6.45) is 0.317. The Morgan fingerprint density at radius 1 is 1.60 bits per heavy atom. The molecule has 82 valence electrons. The molecule has 0 radical (unpaired) electrons. The van der Waals surface area contributed by atoms with Gasteiger partial charge in [0.25, 0.3) is 0 Å². The maximum Gasteiger partial charge on any atom is 0.307 e. The van der Waals surface area contributed by atoms with Gasteiger partial charge < -0.3 is 10.1 Å². The molecule has 0 aliphatic carbocycles. The minimum Gasteiger partial charge on any atom is -0.469 e. The maximum absolute atomic E-state index is 10.8. The third kappa shape index (κ3) is 4.24. The highest BCUT2D eigenvalue weighted by Gasteiger charge is 2.01. The zero-order valence-corrected chi connectivity index (χ0v) is 10.2. The molecule has 1 aromatic rings. The largest absolute Gasteiger partial charge is 0.469 e. The van der Waals surface area contributed by atoms with Crippen molar-refractivity contribution in [2.75, 3.05) is 19.0 Å². The van der Waals surface area contributed by atoms with Crippen LogP contribution in [0.5, 0.6) is 0 Å². The lowest BCUT2D eigenvalue weighted by Gasteiger charge is -2.05. The Kier molecular flexibility index (Phi) is 4.48. The highest BCUT2D eigenvalue weighted by molar-refractivity contribution is 9.10. The summed E-state index contributed by atoms with van der Waals surface area (Å²) in [5.74, 6) is 1.12. The number of aryl methyl sites for hydroxylation is 1.